The van der Waals surface area contributed by atoms with Crippen molar-refractivity contribution in [2.45, 2.75) is 32.9 Å². The number of anilines is 2. The minimum atomic E-state index is -0.397. The van der Waals surface area contributed by atoms with E-state index in [9.17, 15) is 4.79 Å². The van der Waals surface area contributed by atoms with Crippen LogP contribution >= 0.6 is 0 Å². The van der Waals surface area contributed by atoms with Crippen molar-refractivity contribution in [1.29, 1.82) is 0 Å². The van der Waals surface area contributed by atoms with Gasteiger partial charge in [0.05, 0.1) is 6.04 Å². The largest absolute Gasteiger partial charge is 0.447 e. The van der Waals surface area contributed by atoms with E-state index in [1.165, 1.54) is 0 Å². The SMILES string of the molecule is CC(C)C1COC(=O)N1c1ccnc(N[C@H](C)c2nc(-c3ccccc3)no2)n1. The molecule has 0 bridgehead atoms. The van der Waals surface area contributed by atoms with E-state index in [0.717, 1.165) is 5.56 Å². The molecule has 0 aliphatic carbocycles. The quantitative estimate of drug-likeness (QED) is 0.675. The monoisotopic (exact) mass is 394 g/mol. The molecule has 9 nitrogen and oxygen atoms in total. The first kappa shape index (κ1) is 18.9. The fourth-order valence-corrected chi connectivity index (χ4v) is 3.11. The Bertz CT molecular complexity index is 991. The Morgan fingerprint density at radius 2 is 1.93 bits per heavy atom. The van der Waals surface area contributed by atoms with Crippen LogP contribution in [0.25, 0.3) is 11.4 Å². The van der Waals surface area contributed by atoms with Crippen molar-refractivity contribution in [3.05, 3.63) is 48.5 Å². The van der Waals surface area contributed by atoms with E-state index in [2.05, 4.69) is 25.4 Å². The smallest absolute Gasteiger partial charge is 0.415 e. The van der Waals surface area contributed by atoms with Crippen molar-refractivity contribution < 1.29 is 14.1 Å². The summed E-state index contributed by atoms with van der Waals surface area (Å²) >= 11 is 0. The van der Waals surface area contributed by atoms with Crippen LogP contribution in [0.15, 0.2) is 47.1 Å². The van der Waals surface area contributed by atoms with Crippen LogP contribution < -0.4 is 10.2 Å². The second-order valence-corrected chi connectivity index (χ2v) is 7.18. The molecule has 9 heteroatoms. The summed E-state index contributed by atoms with van der Waals surface area (Å²) in [6.45, 7) is 6.31. The Labute approximate surface area is 168 Å². The summed E-state index contributed by atoms with van der Waals surface area (Å²) in [5, 5.41) is 7.18. The molecule has 1 saturated heterocycles. The van der Waals surface area contributed by atoms with E-state index in [1.54, 1.807) is 17.2 Å². The van der Waals surface area contributed by atoms with Gasteiger partial charge in [0.15, 0.2) is 0 Å². The third kappa shape index (κ3) is 3.89. The zero-order chi connectivity index (χ0) is 20.4. The molecule has 1 fully saturated rings. The van der Waals surface area contributed by atoms with Gasteiger partial charge in [0.25, 0.3) is 0 Å². The molecule has 3 heterocycles. The Kier molecular flexibility index (Phi) is 5.11. The molecule has 1 aromatic carbocycles. The second-order valence-electron chi connectivity index (χ2n) is 7.18. The van der Waals surface area contributed by atoms with Crippen LogP contribution in [-0.4, -0.2) is 38.9 Å². The van der Waals surface area contributed by atoms with E-state index in [-0.39, 0.29) is 18.0 Å². The van der Waals surface area contributed by atoms with E-state index in [1.807, 2.05) is 51.1 Å². The van der Waals surface area contributed by atoms with Crippen molar-refractivity contribution in [3.63, 3.8) is 0 Å². The first-order valence-electron chi connectivity index (χ1n) is 9.47. The Morgan fingerprint density at radius 1 is 1.14 bits per heavy atom. The molecule has 1 aliphatic rings. The number of nitrogens with one attached hydrogen (secondary N) is 1. The van der Waals surface area contributed by atoms with Gasteiger partial charge in [-0.15, -0.1) is 0 Å². The molecule has 4 rings (SSSR count). The zero-order valence-electron chi connectivity index (χ0n) is 16.4. The number of rotatable bonds is 6. The van der Waals surface area contributed by atoms with Crippen LogP contribution in [0.3, 0.4) is 0 Å². The lowest BCUT2D eigenvalue weighted by atomic mass is 10.0. The van der Waals surface area contributed by atoms with Crippen molar-refractivity contribution in [3.8, 4) is 11.4 Å². The van der Waals surface area contributed by atoms with E-state index in [4.69, 9.17) is 9.26 Å². The van der Waals surface area contributed by atoms with Gasteiger partial charge in [0.2, 0.25) is 17.7 Å². The zero-order valence-corrected chi connectivity index (χ0v) is 16.4. The van der Waals surface area contributed by atoms with Gasteiger partial charge in [0.1, 0.15) is 18.5 Å². The van der Waals surface area contributed by atoms with Crippen molar-refractivity contribution in [2.24, 2.45) is 5.92 Å². The Hall–Kier alpha value is -3.49. The maximum absolute atomic E-state index is 12.2. The van der Waals surface area contributed by atoms with Gasteiger partial charge in [-0.3, -0.25) is 4.90 Å². The molecule has 1 amide bonds. The summed E-state index contributed by atoms with van der Waals surface area (Å²) in [6.07, 6.45) is 1.20. The Balaban J connectivity index is 1.51. The Morgan fingerprint density at radius 3 is 2.69 bits per heavy atom. The summed E-state index contributed by atoms with van der Waals surface area (Å²) in [4.78, 5) is 26.9. The average molecular weight is 394 g/mol. The summed E-state index contributed by atoms with van der Waals surface area (Å²) in [6, 6.07) is 10.9. The second kappa shape index (κ2) is 7.86. The third-order valence-electron chi connectivity index (χ3n) is 4.75. The van der Waals surface area contributed by atoms with Gasteiger partial charge in [-0.1, -0.05) is 49.3 Å². The highest BCUT2D eigenvalue weighted by atomic mass is 16.6. The lowest BCUT2D eigenvalue weighted by Gasteiger charge is -2.23. The molecule has 1 aliphatic heterocycles. The van der Waals surface area contributed by atoms with Crippen LogP contribution in [0.2, 0.25) is 0 Å². The molecule has 29 heavy (non-hydrogen) atoms. The number of carbonyl (C=O) groups is 1. The molecular formula is C20H22N6O3. The van der Waals surface area contributed by atoms with Crippen LogP contribution in [0.4, 0.5) is 16.6 Å². The number of hydrogen-bond acceptors (Lipinski definition) is 8. The van der Waals surface area contributed by atoms with Crippen LogP contribution in [0.5, 0.6) is 0 Å². The minimum absolute atomic E-state index is 0.0629. The molecule has 3 aromatic rings. The summed E-state index contributed by atoms with van der Waals surface area (Å²) in [7, 11) is 0. The third-order valence-corrected chi connectivity index (χ3v) is 4.75. The highest BCUT2D eigenvalue weighted by Crippen LogP contribution is 2.27. The van der Waals surface area contributed by atoms with Gasteiger partial charge in [-0.05, 0) is 18.9 Å². The standard InChI is InChI=1S/C20H22N6O3/c1-12(2)15-11-28-20(27)26(15)16-9-10-21-19(23-16)22-13(3)18-24-17(25-29-18)14-7-5-4-6-8-14/h4-10,12-13,15H,11H2,1-3H3,(H,21,22,23)/t13-,15?/m1/s1. The first-order chi connectivity index (χ1) is 14.0. The van der Waals surface area contributed by atoms with E-state index in [0.29, 0.717) is 30.1 Å². The van der Waals surface area contributed by atoms with Crippen molar-refractivity contribution in [2.75, 3.05) is 16.8 Å². The summed E-state index contributed by atoms with van der Waals surface area (Å²) < 4.78 is 10.6. The topological polar surface area (TPSA) is 106 Å². The highest BCUT2D eigenvalue weighted by Gasteiger charge is 2.37. The first-order valence-corrected chi connectivity index (χ1v) is 9.47. The van der Waals surface area contributed by atoms with Crippen LogP contribution in [0.1, 0.15) is 32.7 Å². The fraction of sp³-hybridized carbons (Fsp3) is 0.350. The van der Waals surface area contributed by atoms with Gasteiger partial charge in [-0.2, -0.15) is 9.97 Å². The highest BCUT2D eigenvalue weighted by molar-refractivity contribution is 5.89. The molecular weight excluding hydrogens is 372 g/mol. The van der Waals surface area contributed by atoms with Crippen molar-refractivity contribution >= 4 is 17.9 Å². The number of hydrogen-bond donors (Lipinski definition) is 1. The number of amides is 1. The molecule has 150 valence electrons. The molecule has 1 N–H and O–H groups in total. The molecule has 2 aromatic heterocycles. The van der Waals surface area contributed by atoms with Crippen LogP contribution in [0, 0.1) is 5.92 Å². The molecule has 1 unspecified atom stereocenters. The van der Waals surface area contributed by atoms with Crippen molar-refractivity contribution in [1.82, 2.24) is 20.1 Å². The number of nitrogens with zero attached hydrogens (tertiary/aromatic N) is 5. The molecule has 0 spiro atoms. The minimum Gasteiger partial charge on any atom is -0.447 e. The number of cyclic esters (lactones) is 1. The lowest BCUT2D eigenvalue weighted by molar-refractivity contribution is 0.177. The summed E-state index contributed by atoms with van der Waals surface area (Å²) in [5.74, 6) is 2.02. The van der Waals surface area contributed by atoms with E-state index >= 15 is 0 Å². The number of carbonyl (C=O) groups excluding carboxylic acids is 1. The predicted octanol–water partition coefficient (Wildman–Crippen LogP) is 3.68. The predicted molar refractivity (Wildman–Crippen MR) is 106 cm³/mol. The maximum Gasteiger partial charge on any atom is 0.415 e. The molecule has 0 radical (unpaired) electrons. The molecule has 0 saturated carbocycles. The molecule has 2 atom stereocenters. The number of ether oxygens (including phenoxy) is 1. The van der Waals surface area contributed by atoms with Crippen LogP contribution in [-0.2, 0) is 4.74 Å². The van der Waals surface area contributed by atoms with Gasteiger partial charge in [0, 0.05) is 11.8 Å². The average Bonchev–Trinajstić information content (AvgIpc) is 3.36. The van der Waals surface area contributed by atoms with Gasteiger partial charge < -0.3 is 14.6 Å². The fourth-order valence-electron chi connectivity index (χ4n) is 3.11. The number of benzene rings is 1. The van der Waals surface area contributed by atoms with Gasteiger partial charge >= 0.3 is 6.09 Å². The van der Waals surface area contributed by atoms with E-state index < -0.39 is 6.09 Å². The van der Waals surface area contributed by atoms with Gasteiger partial charge in [-0.25, -0.2) is 9.78 Å². The number of aromatic nitrogens is 4. The normalized spacial score (nSPS) is 17.4. The lowest BCUT2D eigenvalue weighted by Crippen LogP contribution is -2.37. The summed E-state index contributed by atoms with van der Waals surface area (Å²) in [5.41, 5.74) is 0.875. The maximum atomic E-state index is 12.2.